The number of rotatable bonds is 4. The van der Waals surface area contributed by atoms with Crippen molar-refractivity contribution in [1.29, 1.82) is 0 Å². The van der Waals surface area contributed by atoms with Gasteiger partial charge in [0.05, 0.1) is 12.2 Å². The summed E-state index contributed by atoms with van der Waals surface area (Å²) in [7, 11) is 1.77. The van der Waals surface area contributed by atoms with Gasteiger partial charge in [0.1, 0.15) is 5.78 Å². The lowest BCUT2D eigenvalue weighted by molar-refractivity contribution is -0.121. The van der Waals surface area contributed by atoms with E-state index in [-0.39, 0.29) is 29.7 Å². The molecular formula is C13H26N2O3. The number of Topliss-reactive ketones (excluding diaryl/α,β-unsaturated/α-hetero) is 1. The highest BCUT2D eigenvalue weighted by atomic mass is 16.3. The van der Waals surface area contributed by atoms with Crippen LogP contribution in [0.1, 0.15) is 33.1 Å². The summed E-state index contributed by atoms with van der Waals surface area (Å²) in [4.78, 5) is 11.4. The molecule has 5 N–H and O–H groups in total. The molecule has 1 aliphatic carbocycles. The summed E-state index contributed by atoms with van der Waals surface area (Å²) in [6.07, 6.45) is 0.484. The summed E-state index contributed by atoms with van der Waals surface area (Å²) in [5.41, 5.74) is 6.16. The second-order valence-corrected chi connectivity index (χ2v) is 5.50. The molecule has 0 saturated heterocycles. The van der Waals surface area contributed by atoms with Gasteiger partial charge in [-0.2, -0.15) is 0 Å². The van der Waals surface area contributed by atoms with Gasteiger partial charge in [-0.25, -0.2) is 0 Å². The number of aliphatic hydroxyl groups excluding tert-OH is 2. The fraction of sp³-hybridized carbons (Fsp3) is 0.923. The fourth-order valence-electron chi connectivity index (χ4n) is 2.72. The fourth-order valence-corrected chi connectivity index (χ4v) is 2.72. The maximum absolute atomic E-state index is 11.4. The van der Waals surface area contributed by atoms with Crippen LogP contribution in [0.15, 0.2) is 0 Å². The van der Waals surface area contributed by atoms with Crippen molar-refractivity contribution in [3.63, 3.8) is 0 Å². The van der Waals surface area contributed by atoms with Crippen molar-refractivity contribution in [1.82, 2.24) is 5.32 Å². The first-order valence-corrected chi connectivity index (χ1v) is 6.67. The van der Waals surface area contributed by atoms with E-state index in [1.54, 1.807) is 14.0 Å². The van der Waals surface area contributed by atoms with Gasteiger partial charge in [0.15, 0.2) is 0 Å². The zero-order valence-corrected chi connectivity index (χ0v) is 11.5. The van der Waals surface area contributed by atoms with Gasteiger partial charge in [0, 0.05) is 18.0 Å². The molecule has 0 aromatic rings. The summed E-state index contributed by atoms with van der Waals surface area (Å²) in [5.74, 6) is 0.0573. The summed E-state index contributed by atoms with van der Waals surface area (Å²) >= 11 is 0. The molecular weight excluding hydrogens is 232 g/mol. The van der Waals surface area contributed by atoms with Crippen LogP contribution >= 0.6 is 0 Å². The Kier molecular flexibility index (Phi) is 5.72. The number of aliphatic hydroxyl groups is 2. The Labute approximate surface area is 109 Å². The van der Waals surface area contributed by atoms with Gasteiger partial charge in [-0.15, -0.1) is 0 Å². The average molecular weight is 258 g/mol. The van der Waals surface area contributed by atoms with E-state index < -0.39 is 12.2 Å². The highest BCUT2D eigenvalue weighted by molar-refractivity contribution is 5.78. The lowest BCUT2D eigenvalue weighted by Crippen LogP contribution is -2.46. The van der Waals surface area contributed by atoms with E-state index in [1.807, 2.05) is 6.92 Å². The van der Waals surface area contributed by atoms with Crippen LogP contribution in [0, 0.1) is 11.8 Å². The predicted molar refractivity (Wildman–Crippen MR) is 70.0 cm³/mol. The van der Waals surface area contributed by atoms with Gasteiger partial charge >= 0.3 is 0 Å². The van der Waals surface area contributed by atoms with Crippen molar-refractivity contribution in [2.45, 2.75) is 57.4 Å². The third-order valence-corrected chi connectivity index (χ3v) is 4.33. The molecule has 0 heterocycles. The van der Waals surface area contributed by atoms with E-state index in [2.05, 4.69) is 5.32 Å². The first-order valence-electron chi connectivity index (χ1n) is 6.67. The Bertz CT molecular complexity index is 285. The van der Waals surface area contributed by atoms with Gasteiger partial charge in [-0.1, -0.05) is 6.92 Å². The maximum atomic E-state index is 11.4. The smallest absolute Gasteiger partial charge is 0.134 e. The lowest BCUT2D eigenvalue weighted by atomic mass is 9.82. The zero-order chi connectivity index (χ0) is 13.9. The number of hydrogen-bond donors (Lipinski definition) is 4. The quantitative estimate of drug-likeness (QED) is 0.517. The molecule has 5 nitrogen and oxygen atoms in total. The van der Waals surface area contributed by atoms with E-state index >= 15 is 0 Å². The highest BCUT2D eigenvalue weighted by Gasteiger charge is 2.36. The number of nitrogens with one attached hydrogen (secondary N) is 1. The van der Waals surface area contributed by atoms with Crippen LogP contribution in [0.5, 0.6) is 0 Å². The Morgan fingerprint density at radius 2 is 2.00 bits per heavy atom. The predicted octanol–water partition coefficient (Wildman–Crippen LogP) is -0.351. The van der Waals surface area contributed by atoms with Crippen LogP contribution in [0.4, 0.5) is 0 Å². The second-order valence-electron chi connectivity index (χ2n) is 5.50. The van der Waals surface area contributed by atoms with Crippen LogP contribution in [0.25, 0.3) is 0 Å². The minimum atomic E-state index is -0.764. The molecule has 0 aliphatic heterocycles. The summed E-state index contributed by atoms with van der Waals surface area (Å²) in [5, 5.41) is 22.8. The molecule has 1 aliphatic rings. The van der Waals surface area contributed by atoms with Crippen molar-refractivity contribution in [3.8, 4) is 0 Å². The van der Waals surface area contributed by atoms with Gasteiger partial charge in [-0.3, -0.25) is 4.79 Å². The summed E-state index contributed by atoms with van der Waals surface area (Å²) in [6, 6.07) is -0.381. The molecule has 6 unspecified atom stereocenters. The van der Waals surface area contributed by atoms with E-state index in [9.17, 15) is 15.0 Å². The Hall–Kier alpha value is -0.490. The first-order chi connectivity index (χ1) is 8.38. The minimum absolute atomic E-state index is 0.0915. The van der Waals surface area contributed by atoms with E-state index in [4.69, 9.17) is 5.73 Å². The molecule has 0 radical (unpaired) electrons. The van der Waals surface area contributed by atoms with Gasteiger partial charge in [-0.05, 0) is 39.2 Å². The van der Waals surface area contributed by atoms with Crippen molar-refractivity contribution >= 4 is 5.78 Å². The zero-order valence-electron chi connectivity index (χ0n) is 11.5. The molecule has 0 amide bonds. The SMILES string of the molecule is CNC1CC(C(N)C(C)C(C)=O)CCC(O)C1O. The highest BCUT2D eigenvalue weighted by Crippen LogP contribution is 2.28. The third kappa shape index (κ3) is 3.51. The molecule has 0 aromatic carbocycles. The van der Waals surface area contributed by atoms with E-state index in [1.165, 1.54) is 0 Å². The van der Waals surface area contributed by atoms with E-state index in [0.717, 1.165) is 6.42 Å². The number of nitrogens with two attached hydrogens (primary N) is 1. The lowest BCUT2D eigenvalue weighted by Gasteiger charge is -2.29. The number of likely N-dealkylation sites (N-methyl/N-ethyl adjacent to an activating group) is 1. The van der Waals surface area contributed by atoms with Crippen molar-refractivity contribution in [2.75, 3.05) is 7.05 Å². The molecule has 0 spiro atoms. The van der Waals surface area contributed by atoms with Crippen LogP contribution < -0.4 is 11.1 Å². The average Bonchev–Trinajstić information content (AvgIpc) is 2.48. The van der Waals surface area contributed by atoms with Crippen LogP contribution in [-0.4, -0.2) is 47.3 Å². The van der Waals surface area contributed by atoms with Crippen LogP contribution in [0.3, 0.4) is 0 Å². The minimum Gasteiger partial charge on any atom is -0.390 e. The largest absolute Gasteiger partial charge is 0.390 e. The number of hydrogen-bond acceptors (Lipinski definition) is 5. The van der Waals surface area contributed by atoms with Crippen molar-refractivity contribution in [3.05, 3.63) is 0 Å². The van der Waals surface area contributed by atoms with Gasteiger partial charge < -0.3 is 21.3 Å². The Morgan fingerprint density at radius 1 is 1.39 bits per heavy atom. The molecule has 0 aromatic heterocycles. The van der Waals surface area contributed by atoms with Crippen molar-refractivity contribution in [2.24, 2.45) is 17.6 Å². The van der Waals surface area contributed by atoms with E-state index in [0.29, 0.717) is 12.8 Å². The molecule has 106 valence electrons. The normalized spacial score (nSPS) is 36.8. The maximum Gasteiger partial charge on any atom is 0.134 e. The van der Waals surface area contributed by atoms with Crippen LogP contribution in [-0.2, 0) is 4.79 Å². The topological polar surface area (TPSA) is 95.6 Å². The first kappa shape index (κ1) is 15.6. The summed E-state index contributed by atoms with van der Waals surface area (Å²) in [6.45, 7) is 3.40. The number of ketones is 1. The molecule has 1 rings (SSSR count). The van der Waals surface area contributed by atoms with Crippen LogP contribution in [0.2, 0.25) is 0 Å². The second kappa shape index (κ2) is 6.61. The Morgan fingerprint density at radius 3 is 2.50 bits per heavy atom. The molecule has 18 heavy (non-hydrogen) atoms. The molecule has 6 atom stereocenters. The Balaban J connectivity index is 2.74. The molecule has 1 saturated carbocycles. The van der Waals surface area contributed by atoms with Gasteiger partial charge in [0.25, 0.3) is 0 Å². The molecule has 5 heteroatoms. The number of carbonyl (C=O) groups excluding carboxylic acids is 1. The number of carbonyl (C=O) groups is 1. The monoisotopic (exact) mass is 258 g/mol. The molecule has 1 fully saturated rings. The summed E-state index contributed by atoms with van der Waals surface area (Å²) < 4.78 is 0. The molecule has 0 bridgehead atoms. The third-order valence-electron chi connectivity index (χ3n) is 4.33. The standard InChI is InChI=1S/C13H26N2O3/c1-7(8(2)16)12(14)9-4-5-11(17)13(18)10(6-9)15-3/h7,9-13,15,17-18H,4-6,14H2,1-3H3. The van der Waals surface area contributed by atoms with Crippen molar-refractivity contribution < 1.29 is 15.0 Å². The van der Waals surface area contributed by atoms with Gasteiger partial charge in [0.2, 0.25) is 0 Å².